The number of hydrogen-bond acceptors (Lipinski definition) is 0. The molecule has 0 fully saturated rings. The number of rotatable bonds is 0. The molecule has 22 heavy (non-hydrogen) atoms. The fourth-order valence-electron chi connectivity index (χ4n) is 4.20. The van der Waals surface area contributed by atoms with Crippen LogP contribution in [0.2, 0.25) is 0 Å². The lowest BCUT2D eigenvalue weighted by Gasteiger charge is -2.15. The third-order valence-electron chi connectivity index (χ3n) is 5.16. The fourth-order valence-corrected chi connectivity index (χ4v) is 4.20. The molecular formula is C21H19N. The van der Waals surface area contributed by atoms with E-state index < -0.39 is 0 Å². The lowest BCUT2D eigenvalue weighted by molar-refractivity contribution is 0.595. The van der Waals surface area contributed by atoms with Crippen molar-refractivity contribution in [2.75, 3.05) is 0 Å². The van der Waals surface area contributed by atoms with Crippen LogP contribution in [0.25, 0.3) is 32.6 Å². The summed E-state index contributed by atoms with van der Waals surface area (Å²) in [5, 5.41) is 5.66. The quantitative estimate of drug-likeness (QED) is 0.392. The highest BCUT2D eigenvalue weighted by Gasteiger charge is 2.17. The summed E-state index contributed by atoms with van der Waals surface area (Å²) in [5.41, 5.74) is 4.42. The van der Waals surface area contributed by atoms with Crippen molar-refractivity contribution < 1.29 is 0 Å². The minimum absolute atomic E-state index is 1.15. The van der Waals surface area contributed by atoms with Crippen molar-refractivity contribution in [3.63, 3.8) is 0 Å². The van der Waals surface area contributed by atoms with Gasteiger partial charge in [-0.05, 0) is 47.7 Å². The van der Waals surface area contributed by atoms with E-state index in [2.05, 4.69) is 59.2 Å². The van der Waals surface area contributed by atoms with Crippen LogP contribution in [0.15, 0.2) is 54.6 Å². The molecule has 1 aliphatic heterocycles. The van der Waals surface area contributed by atoms with E-state index in [0.29, 0.717) is 0 Å². The summed E-state index contributed by atoms with van der Waals surface area (Å²) in [7, 11) is 0. The van der Waals surface area contributed by atoms with Gasteiger partial charge in [0.15, 0.2) is 0 Å². The normalized spacial score (nSPS) is 15.3. The van der Waals surface area contributed by atoms with E-state index in [4.69, 9.17) is 0 Å². The molecule has 0 unspecified atom stereocenters. The van der Waals surface area contributed by atoms with E-state index in [0.717, 1.165) is 6.54 Å². The number of benzene rings is 3. The molecule has 0 saturated carbocycles. The number of nitrogens with zero attached hydrogens (tertiary/aromatic N) is 1. The van der Waals surface area contributed by atoms with Gasteiger partial charge in [0.2, 0.25) is 0 Å². The van der Waals surface area contributed by atoms with Crippen molar-refractivity contribution >= 4 is 32.6 Å². The van der Waals surface area contributed by atoms with E-state index in [-0.39, 0.29) is 0 Å². The molecule has 0 N–H and O–H groups in total. The van der Waals surface area contributed by atoms with E-state index >= 15 is 0 Å². The van der Waals surface area contributed by atoms with Crippen LogP contribution >= 0.6 is 0 Å². The van der Waals surface area contributed by atoms with Gasteiger partial charge in [0.25, 0.3) is 0 Å². The Morgan fingerprint density at radius 1 is 0.773 bits per heavy atom. The van der Waals surface area contributed by atoms with Crippen molar-refractivity contribution in [3.8, 4) is 0 Å². The van der Waals surface area contributed by atoms with Crippen LogP contribution < -0.4 is 0 Å². The summed E-state index contributed by atoms with van der Waals surface area (Å²) in [5.74, 6) is 0. The Kier molecular flexibility index (Phi) is 2.57. The van der Waals surface area contributed by atoms with Crippen molar-refractivity contribution in [2.24, 2.45) is 0 Å². The Bertz CT molecular complexity index is 1010. The molecule has 108 valence electrons. The van der Waals surface area contributed by atoms with Gasteiger partial charge in [0.05, 0.1) is 5.52 Å². The Balaban J connectivity index is 2.10. The summed E-state index contributed by atoms with van der Waals surface area (Å²) in [6.07, 6.45) is 5.15. The minimum atomic E-state index is 1.15. The van der Waals surface area contributed by atoms with Gasteiger partial charge in [-0.15, -0.1) is 0 Å². The first kappa shape index (κ1) is 12.3. The zero-order valence-corrected chi connectivity index (χ0v) is 12.7. The number of aromatic nitrogens is 1. The monoisotopic (exact) mass is 285 g/mol. The van der Waals surface area contributed by atoms with Crippen LogP contribution in [0.5, 0.6) is 0 Å². The number of hydrogen-bond donors (Lipinski definition) is 0. The maximum absolute atomic E-state index is 2.58. The summed E-state index contributed by atoms with van der Waals surface area (Å²) in [4.78, 5) is 0. The Labute approximate surface area is 130 Å². The summed E-state index contributed by atoms with van der Waals surface area (Å²) < 4.78 is 2.58. The molecule has 1 heteroatoms. The SMILES string of the molecule is c1ccc2c(c1)cc1c3c2c2ccccc2n3CCCCC1. The van der Waals surface area contributed by atoms with Gasteiger partial charge in [-0.2, -0.15) is 0 Å². The van der Waals surface area contributed by atoms with E-state index in [1.165, 1.54) is 63.8 Å². The van der Waals surface area contributed by atoms with Crippen LogP contribution in [0, 0.1) is 0 Å². The highest BCUT2D eigenvalue weighted by Crippen LogP contribution is 2.38. The number of aryl methyl sites for hydroxylation is 2. The van der Waals surface area contributed by atoms with Gasteiger partial charge in [0.1, 0.15) is 0 Å². The van der Waals surface area contributed by atoms with Crippen molar-refractivity contribution in [1.29, 1.82) is 0 Å². The maximum Gasteiger partial charge on any atom is 0.0530 e. The molecule has 0 radical (unpaired) electrons. The lowest BCUT2D eigenvalue weighted by atomic mass is 9.96. The minimum Gasteiger partial charge on any atom is -0.340 e. The Morgan fingerprint density at radius 3 is 2.55 bits per heavy atom. The summed E-state index contributed by atoms with van der Waals surface area (Å²) >= 11 is 0. The molecule has 1 nitrogen and oxygen atoms in total. The van der Waals surface area contributed by atoms with Crippen LogP contribution in [-0.2, 0) is 13.0 Å². The second kappa shape index (κ2) is 4.61. The molecule has 0 aliphatic carbocycles. The van der Waals surface area contributed by atoms with Gasteiger partial charge < -0.3 is 4.57 Å². The smallest absolute Gasteiger partial charge is 0.0530 e. The van der Waals surface area contributed by atoms with Crippen LogP contribution in [0.1, 0.15) is 24.8 Å². The fraction of sp³-hybridized carbons (Fsp3) is 0.238. The highest BCUT2D eigenvalue weighted by atomic mass is 15.0. The molecule has 3 aromatic carbocycles. The Morgan fingerprint density at radius 2 is 1.59 bits per heavy atom. The van der Waals surface area contributed by atoms with Gasteiger partial charge in [-0.3, -0.25) is 0 Å². The standard InChI is InChI=1S/C21H19N/c1-2-9-16-14-15-8-3-4-10-17(15)20-18-11-5-6-12-19(18)22(13-7-1)21(16)20/h3-6,8,10-12,14H,1-2,7,9,13H2. The first-order valence-electron chi connectivity index (χ1n) is 8.35. The zero-order valence-electron chi connectivity index (χ0n) is 12.7. The molecule has 1 aromatic heterocycles. The summed E-state index contributed by atoms with van der Waals surface area (Å²) in [6.45, 7) is 1.15. The average Bonchev–Trinajstić information content (AvgIpc) is 2.87. The van der Waals surface area contributed by atoms with Crippen molar-refractivity contribution in [3.05, 3.63) is 60.2 Å². The summed E-state index contributed by atoms with van der Waals surface area (Å²) in [6, 6.07) is 20.2. The molecule has 4 aromatic rings. The van der Waals surface area contributed by atoms with E-state index in [1.807, 2.05) is 0 Å². The molecule has 2 heterocycles. The highest BCUT2D eigenvalue weighted by molar-refractivity contribution is 6.21. The second-order valence-electron chi connectivity index (χ2n) is 6.46. The van der Waals surface area contributed by atoms with Crippen LogP contribution in [0.3, 0.4) is 0 Å². The number of fused-ring (bicyclic) bond motifs is 5. The largest absolute Gasteiger partial charge is 0.340 e. The molecule has 0 bridgehead atoms. The molecule has 0 saturated heterocycles. The Hall–Kier alpha value is -2.28. The second-order valence-corrected chi connectivity index (χ2v) is 6.46. The molecule has 5 rings (SSSR count). The maximum atomic E-state index is 2.58. The first-order chi connectivity index (χ1) is 10.9. The van der Waals surface area contributed by atoms with E-state index in [9.17, 15) is 0 Å². The van der Waals surface area contributed by atoms with Crippen molar-refractivity contribution in [1.82, 2.24) is 4.57 Å². The van der Waals surface area contributed by atoms with Gasteiger partial charge in [0, 0.05) is 22.8 Å². The number of para-hydroxylation sites is 1. The topological polar surface area (TPSA) is 4.93 Å². The van der Waals surface area contributed by atoms with Gasteiger partial charge in [-0.25, -0.2) is 0 Å². The molecule has 1 aliphatic rings. The van der Waals surface area contributed by atoms with Crippen LogP contribution in [0.4, 0.5) is 0 Å². The van der Waals surface area contributed by atoms with Crippen molar-refractivity contribution in [2.45, 2.75) is 32.2 Å². The van der Waals surface area contributed by atoms with Crippen LogP contribution in [-0.4, -0.2) is 4.57 Å². The molecular weight excluding hydrogens is 266 g/mol. The zero-order chi connectivity index (χ0) is 14.5. The molecule has 0 spiro atoms. The molecule has 0 amide bonds. The lowest BCUT2D eigenvalue weighted by Crippen LogP contribution is -2.04. The average molecular weight is 285 g/mol. The molecule has 0 atom stereocenters. The predicted octanol–water partition coefficient (Wildman–Crippen LogP) is 5.67. The van der Waals surface area contributed by atoms with Gasteiger partial charge in [-0.1, -0.05) is 48.9 Å². The third-order valence-corrected chi connectivity index (χ3v) is 5.16. The first-order valence-corrected chi connectivity index (χ1v) is 8.35. The van der Waals surface area contributed by atoms with E-state index in [1.54, 1.807) is 0 Å². The third kappa shape index (κ3) is 1.60. The predicted molar refractivity (Wildman–Crippen MR) is 94.5 cm³/mol. The van der Waals surface area contributed by atoms with Gasteiger partial charge >= 0.3 is 0 Å².